The number of likely N-dealkylation sites (N-methyl/N-ethyl adjacent to an activating group) is 1. The summed E-state index contributed by atoms with van der Waals surface area (Å²) in [5, 5.41) is 7.03. The van der Waals surface area contributed by atoms with Crippen LogP contribution in [0.3, 0.4) is 0 Å². The van der Waals surface area contributed by atoms with Gasteiger partial charge in [-0.05, 0) is 58.4 Å². The molecule has 2 unspecified atom stereocenters. The van der Waals surface area contributed by atoms with Gasteiger partial charge in [0.1, 0.15) is 0 Å². The molecule has 2 saturated heterocycles. The summed E-state index contributed by atoms with van der Waals surface area (Å²) in [6, 6.07) is 9.65. The summed E-state index contributed by atoms with van der Waals surface area (Å²) < 4.78 is 0. The third-order valence-corrected chi connectivity index (χ3v) is 6.21. The third kappa shape index (κ3) is 6.34. The summed E-state index contributed by atoms with van der Waals surface area (Å²) >= 11 is 0. The van der Waals surface area contributed by atoms with E-state index in [9.17, 15) is 0 Å². The zero-order valence-electron chi connectivity index (χ0n) is 18.8. The molecule has 162 valence electrons. The molecule has 2 fully saturated rings. The monoisotopic (exact) mass is 400 g/mol. The maximum absolute atomic E-state index is 4.90. The second-order valence-electron chi connectivity index (χ2n) is 8.56. The second-order valence-corrected chi connectivity index (χ2v) is 8.56. The molecule has 1 aromatic rings. The molecule has 0 aliphatic carbocycles. The summed E-state index contributed by atoms with van der Waals surface area (Å²) in [5.41, 5.74) is 2.66. The Morgan fingerprint density at radius 3 is 2.48 bits per heavy atom. The lowest BCUT2D eigenvalue weighted by Crippen LogP contribution is -2.49. The molecule has 1 aromatic carbocycles. The fourth-order valence-corrected chi connectivity index (χ4v) is 4.18. The van der Waals surface area contributed by atoms with E-state index < -0.39 is 0 Å². The highest BCUT2D eigenvalue weighted by molar-refractivity contribution is 5.80. The first-order chi connectivity index (χ1) is 14.1. The summed E-state index contributed by atoms with van der Waals surface area (Å²) in [6.07, 6.45) is 2.61. The number of guanidine groups is 1. The molecule has 0 spiro atoms. The zero-order chi connectivity index (χ0) is 20.6. The van der Waals surface area contributed by atoms with E-state index in [4.69, 9.17) is 4.99 Å². The molecule has 29 heavy (non-hydrogen) atoms. The second kappa shape index (κ2) is 10.8. The molecule has 0 saturated carbocycles. The van der Waals surface area contributed by atoms with Gasteiger partial charge >= 0.3 is 0 Å². The van der Waals surface area contributed by atoms with Crippen molar-refractivity contribution >= 4 is 11.6 Å². The van der Waals surface area contributed by atoms with Gasteiger partial charge in [-0.15, -0.1) is 0 Å². The quantitative estimate of drug-likeness (QED) is 0.544. The van der Waals surface area contributed by atoms with Gasteiger partial charge in [0, 0.05) is 57.5 Å². The highest BCUT2D eigenvalue weighted by atomic mass is 15.3. The highest BCUT2D eigenvalue weighted by Gasteiger charge is 2.19. The van der Waals surface area contributed by atoms with Crippen molar-refractivity contribution < 1.29 is 0 Å². The van der Waals surface area contributed by atoms with Crippen molar-refractivity contribution in [2.75, 3.05) is 64.3 Å². The molecule has 2 N–H and O–H groups in total. The van der Waals surface area contributed by atoms with Crippen molar-refractivity contribution in [3.05, 3.63) is 29.8 Å². The molecule has 0 bridgehead atoms. The number of rotatable bonds is 7. The maximum atomic E-state index is 4.90. The van der Waals surface area contributed by atoms with Crippen LogP contribution in [0.4, 0.5) is 5.69 Å². The van der Waals surface area contributed by atoms with E-state index >= 15 is 0 Å². The minimum absolute atomic E-state index is 0.217. The number of benzene rings is 1. The Labute approximate surface area is 177 Å². The van der Waals surface area contributed by atoms with Crippen LogP contribution in [0.2, 0.25) is 0 Å². The minimum Gasteiger partial charge on any atom is -0.372 e. The Hall–Kier alpha value is -1.79. The zero-order valence-corrected chi connectivity index (χ0v) is 18.8. The SMILES string of the molecule is CCNC(=NCC(C)N1CCN(C)CC1)NC(C)c1cccc(N2CCCC2)c1. The van der Waals surface area contributed by atoms with Gasteiger partial charge in [-0.25, -0.2) is 0 Å². The summed E-state index contributed by atoms with van der Waals surface area (Å²) in [5.74, 6) is 0.910. The average molecular weight is 401 g/mol. The summed E-state index contributed by atoms with van der Waals surface area (Å²) in [6.45, 7) is 15.3. The van der Waals surface area contributed by atoms with Crippen molar-refractivity contribution in [1.29, 1.82) is 0 Å². The smallest absolute Gasteiger partial charge is 0.191 e. The van der Waals surface area contributed by atoms with Crippen LogP contribution in [-0.4, -0.2) is 81.2 Å². The van der Waals surface area contributed by atoms with Crippen LogP contribution in [0, 0.1) is 0 Å². The predicted molar refractivity (Wildman–Crippen MR) is 124 cm³/mol. The van der Waals surface area contributed by atoms with E-state index in [-0.39, 0.29) is 6.04 Å². The van der Waals surface area contributed by atoms with Gasteiger partial charge in [-0.3, -0.25) is 9.89 Å². The average Bonchev–Trinajstić information content (AvgIpc) is 3.27. The molecule has 2 atom stereocenters. The molecular formula is C23H40N6. The van der Waals surface area contributed by atoms with Crippen LogP contribution in [-0.2, 0) is 0 Å². The fourth-order valence-electron chi connectivity index (χ4n) is 4.18. The van der Waals surface area contributed by atoms with Gasteiger partial charge < -0.3 is 20.4 Å². The van der Waals surface area contributed by atoms with Crippen molar-refractivity contribution in [2.45, 2.75) is 45.7 Å². The molecule has 6 nitrogen and oxygen atoms in total. The lowest BCUT2D eigenvalue weighted by Gasteiger charge is -2.36. The normalized spacial score (nSPS) is 21.2. The summed E-state index contributed by atoms with van der Waals surface area (Å²) in [7, 11) is 2.20. The minimum atomic E-state index is 0.217. The maximum Gasteiger partial charge on any atom is 0.191 e. The van der Waals surface area contributed by atoms with Crippen LogP contribution in [0.5, 0.6) is 0 Å². The molecule has 2 aliphatic heterocycles. The first kappa shape index (κ1) is 21.9. The Kier molecular flexibility index (Phi) is 8.19. The van der Waals surface area contributed by atoms with E-state index in [1.165, 1.54) is 37.2 Å². The van der Waals surface area contributed by atoms with Gasteiger partial charge in [0.25, 0.3) is 0 Å². The van der Waals surface area contributed by atoms with E-state index in [0.29, 0.717) is 6.04 Å². The van der Waals surface area contributed by atoms with Gasteiger partial charge in [-0.1, -0.05) is 12.1 Å². The lowest BCUT2D eigenvalue weighted by atomic mass is 10.1. The number of nitrogens with one attached hydrogen (secondary N) is 2. The van der Waals surface area contributed by atoms with Gasteiger partial charge in [0.15, 0.2) is 5.96 Å². The van der Waals surface area contributed by atoms with E-state index in [0.717, 1.165) is 45.2 Å². The summed E-state index contributed by atoms with van der Waals surface area (Å²) in [4.78, 5) is 12.3. The molecule has 2 aliphatic rings. The van der Waals surface area contributed by atoms with Crippen molar-refractivity contribution in [3.63, 3.8) is 0 Å². The Balaban J connectivity index is 1.58. The Morgan fingerprint density at radius 2 is 1.79 bits per heavy atom. The number of piperazine rings is 1. The van der Waals surface area contributed by atoms with Crippen LogP contribution in [0.25, 0.3) is 0 Å². The van der Waals surface area contributed by atoms with Crippen LogP contribution >= 0.6 is 0 Å². The number of aliphatic imine (C=N–C) groups is 1. The Bertz CT molecular complexity index is 647. The van der Waals surface area contributed by atoms with Gasteiger partial charge in [0.2, 0.25) is 0 Å². The van der Waals surface area contributed by atoms with Crippen molar-refractivity contribution in [1.82, 2.24) is 20.4 Å². The fraction of sp³-hybridized carbons (Fsp3) is 0.696. The molecule has 0 aromatic heterocycles. The van der Waals surface area contributed by atoms with Crippen LogP contribution in [0.1, 0.15) is 45.2 Å². The van der Waals surface area contributed by atoms with Crippen LogP contribution < -0.4 is 15.5 Å². The lowest BCUT2D eigenvalue weighted by molar-refractivity contribution is 0.122. The highest BCUT2D eigenvalue weighted by Crippen LogP contribution is 2.24. The van der Waals surface area contributed by atoms with Gasteiger partial charge in [-0.2, -0.15) is 0 Å². The molecule has 2 heterocycles. The standard InChI is InChI=1S/C23H40N6/c1-5-24-23(25-18-19(2)28-15-13-27(4)14-16-28)26-20(3)21-9-8-10-22(17-21)29-11-6-7-12-29/h8-10,17,19-20H,5-7,11-16,18H2,1-4H3,(H2,24,25,26). The largest absolute Gasteiger partial charge is 0.372 e. The first-order valence-electron chi connectivity index (χ1n) is 11.4. The predicted octanol–water partition coefficient (Wildman–Crippen LogP) is 2.54. The third-order valence-electron chi connectivity index (χ3n) is 6.21. The first-order valence-corrected chi connectivity index (χ1v) is 11.4. The molecule has 6 heteroatoms. The number of nitrogens with zero attached hydrogens (tertiary/aromatic N) is 4. The van der Waals surface area contributed by atoms with Crippen molar-refractivity contribution in [2.24, 2.45) is 4.99 Å². The topological polar surface area (TPSA) is 46.1 Å². The number of hydrogen-bond acceptors (Lipinski definition) is 4. The van der Waals surface area contributed by atoms with E-state index in [1.54, 1.807) is 0 Å². The molecule has 3 rings (SSSR count). The van der Waals surface area contributed by atoms with E-state index in [1.807, 2.05) is 0 Å². The van der Waals surface area contributed by atoms with Crippen LogP contribution in [0.15, 0.2) is 29.3 Å². The molecular weight excluding hydrogens is 360 g/mol. The van der Waals surface area contributed by atoms with E-state index in [2.05, 4.69) is 77.4 Å². The number of anilines is 1. The van der Waals surface area contributed by atoms with Gasteiger partial charge in [0.05, 0.1) is 12.6 Å². The molecule has 0 amide bonds. The molecule has 0 radical (unpaired) electrons. The Morgan fingerprint density at radius 1 is 1.07 bits per heavy atom. The number of hydrogen-bond donors (Lipinski definition) is 2. The van der Waals surface area contributed by atoms with Crippen molar-refractivity contribution in [3.8, 4) is 0 Å².